The van der Waals surface area contributed by atoms with Gasteiger partial charge in [0.25, 0.3) is 0 Å². The van der Waals surface area contributed by atoms with E-state index in [1.54, 1.807) is 4.57 Å². The molecular formula is C17H17N3O3S. The molecule has 1 atom stereocenters. The van der Waals surface area contributed by atoms with Crippen LogP contribution in [0.25, 0.3) is 16.7 Å². The first-order valence-corrected chi connectivity index (χ1v) is 9.36. The number of aromatic nitrogens is 2. The molecule has 0 radical (unpaired) electrons. The number of nitrogens with one attached hydrogen (secondary N) is 1. The van der Waals surface area contributed by atoms with Crippen molar-refractivity contribution in [3.63, 3.8) is 0 Å². The van der Waals surface area contributed by atoms with Gasteiger partial charge in [-0.3, -0.25) is 14.7 Å². The molecule has 1 unspecified atom stereocenters. The van der Waals surface area contributed by atoms with Crippen molar-refractivity contribution in [2.75, 3.05) is 11.6 Å². The third kappa shape index (κ3) is 3.03. The highest BCUT2D eigenvalue weighted by molar-refractivity contribution is 7.92. The lowest BCUT2D eigenvalue weighted by Gasteiger charge is -2.12. The van der Waals surface area contributed by atoms with E-state index in [1.807, 2.05) is 54.6 Å². The molecule has 1 aromatic heterocycles. The number of para-hydroxylation sites is 3. The number of hydrogen-bond donors (Lipinski definition) is 1. The molecule has 3 aromatic rings. The Labute approximate surface area is 140 Å². The number of carbonyl (C=O) groups is 1. The van der Waals surface area contributed by atoms with Crippen LogP contribution in [0.1, 0.15) is 6.92 Å². The molecule has 6 nitrogen and oxygen atoms in total. The molecule has 124 valence electrons. The summed E-state index contributed by atoms with van der Waals surface area (Å²) in [7, 11) is -3.48. The summed E-state index contributed by atoms with van der Waals surface area (Å²) in [6, 6.07) is 16.9. The van der Waals surface area contributed by atoms with Crippen molar-refractivity contribution >= 4 is 32.7 Å². The fourth-order valence-corrected chi connectivity index (χ4v) is 2.80. The van der Waals surface area contributed by atoms with E-state index < -0.39 is 21.0 Å². The molecule has 0 aliphatic rings. The minimum atomic E-state index is -3.48. The summed E-state index contributed by atoms with van der Waals surface area (Å²) in [4.78, 5) is 16.7. The van der Waals surface area contributed by atoms with Gasteiger partial charge in [-0.2, -0.15) is 0 Å². The van der Waals surface area contributed by atoms with Gasteiger partial charge in [-0.1, -0.05) is 30.3 Å². The molecule has 3 rings (SSSR count). The van der Waals surface area contributed by atoms with Crippen molar-refractivity contribution in [3.05, 3.63) is 54.6 Å². The number of benzene rings is 2. The Morgan fingerprint density at radius 3 is 2.38 bits per heavy atom. The predicted molar refractivity (Wildman–Crippen MR) is 94.0 cm³/mol. The van der Waals surface area contributed by atoms with Crippen molar-refractivity contribution in [1.29, 1.82) is 0 Å². The summed E-state index contributed by atoms with van der Waals surface area (Å²) in [5.41, 5.74) is 2.36. The maximum absolute atomic E-state index is 12.3. The molecule has 7 heteroatoms. The fraction of sp³-hybridized carbons (Fsp3) is 0.176. The fourth-order valence-electron chi connectivity index (χ4n) is 2.35. The average Bonchev–Trinajstić information content (AvgIpc) is 2.91. The van der Waals surface area contributed by atoms with Crippen LogP contribution in [0.15, 0.2) is 54.6 Å². The number of nitrogens with zero attached hydrogens (tertiary/aromatic N) is 2. The quantitative estimate of drug-likeness (QED) is 0.789. The number of carbonyl (C=O) groups excluding carboxylic acids is 1. The zero-order chi connectivity index (χ0) is 17.3. The van der Waals surface area contributed by atoms with Crippen LogP contribution < -0.4 is 5.32 Å². The Morgan fingerprint density at radius 1 is 1.08 bits per heavy atom. The Morgan fingerprint density at radius 2 is 1.71 bits per heavy atom. The molecule has 24 heavy (non-hydrogen) atoms. The van der Waals surface area contributed by atoms with Crippen molar-refractivity contribution in [2.24, 2.45) is 0 Å². The highest BCUT2D eigenvalue weighted by atomic mass is 32.2. The lowest BCUT2D eigenvalue weighted by atomic mass is 10.3. The van der Waals surface area contributed by atoms with E-state index in [9.17, 15) is 13.2 Å². The molecule has 0 spiro atoms. The summed E-state index contributed by atoms with van der Waals surface area (Å²) in [5, 5.41) is 1.49. The largest absolute Gasteiger partial charge is 0.295 e. The first kappa shape index (κ1) is 16.2. The summed E-state index contributed by atoms with van der Waals surface area (Å²) in [6.45, 7) is 1.36. The van der Waals surface area contributed by atoms with E-state index in [0.29, 0.717) is 11.5 Å². The lowest BCUT2D eigenvalue weighted by Crippen LogP contribution is -2.32. The van der Waals surface area contributed by atoms with Gasteiger partial charge in [0.1, 0.15) is 5.25 Å². The smallest absolute Gasteiger partial charge is 0.244 e. The van der Waals surface area contributed by atoms with Crippen LogP contribution in [-0.4, -0.2) is 35.4 Å². The standard InChI is InChI=1S/C17H17N3O3S/c1-12(24(2,22)23)16(21)19-17-18-14-10-6-7-11-15(14)20(17)13-8-4-3-5-9-13/h3-12H,1-2H3,(H,18,19,21). The van der Waals surface area contributed by atoms with Gasteiger partial charge in [0.05, 0.1) is 11.0 Å². The third-order valence-electron chi connectivity index (χ3n) is 3.82. The molecule has 0 fully saturated rings. The van der Waals surface area contributed by atoms with Crippen LogP contribution in [0, 0.1) is 0 Å². The molecule has 1 amide bonds. The first-order chi connectivity index (χ1) is 11.4. The number of sulfone groups is 1. The Hall–Kier alpha value is -2.67. The van der Waals surface area contributed by atoms with Gasteiger partial charge in [0.15, 0.2) is 9.84 Å². The molecule has 1 N–H and O–H groups in total. The average molecular weight is 343 g/mol. The third-order valence-corrected chi connectivity index (χ3v) is 5.32. The van der Waals surface area contributed by atoms with Crippen LogP contribution in [0.3, 0.4) is 0 Å². The molecule has 0 aliphatic heterocycles. The van der Waals surface area contributed by atoms with Crippen molar-refractivity contribution in [1.82, 2.24) is 9.55 Å². The maximum atomic E-state index is 12.3. The minimum absolute atomic E-state index is 0.294. The van der Waals surface area contributed by atoms with E-state index in [4.69, 9.17) is 0 Å². The number of rotatable bonds is 4. The van der Waals surface area contributed by atoms with Crippen LogP contribution in [0.5, 0.6) is 0 Å². The topological polar surface area (TPSA) is 81.1 Å². The number of imidazole rings is 1. The van der Waals surface area contributed by atoms with Crippen molar-refractivity contribution in [2.45, 2.75) is 12.2 Å². The van der Waals surface area contributed by atoms with E-state index in [1.165, 1.54) is 6.92 Å². The van der Waals surface area contributed by atoms with Gasteiger partial charge < -0.3 is 0 Å². The SMILES string of the molecule is CC(C(=O)Nc1nc2ccccc2n1-c1ccccc1)S(C)(=O)=O. The highest BCUT2D eigenvalue weighted by Crippen LogP contribution is 2.24. The molecular weight excluding hydrogens is 326 g/mol. The molecule has 0 saturated carbocycles. The van der Waals surface area contributed by atoms with Crippen molar-refractivity contribution in [3.8, 4) is 5.69 Å². The second-order valence-corrected chi connectivity index (χ2v) is 7.92. The van der Waals surface area contributed by atoms with Gasteiger partial charge >= 0.3 is 0 Å². The van der Waals surface area contributed by atoms with Gasteiger partial charge in [0, 0.05) is 11.9 Å². The highest BCUT2D eigenvalue weighted by Gasteiger charge is 2.25. The Kier molecular flexibility index (Phi) is 4.11. The normalized spacial score (nSPS) is 12.9. The second-order valence-electron chi connectivity index (χ2n) is 5.56. The Bertz CT molecular complexity index is 994. The Balaban J connectivity index is 2.10. The van der Waals surface area contributed by atoms with E-state index in [2.05, 4.69) is 10.3 Å². The molecule has 0 saturated heterocycles. The van der Waals surface area contributed by atoms with Crippen LogP contribution in [-0.2, 0) is 14.6 Å². The minimum Gasteiger partial charge on any atom is -0.295 e. The van der Waals surface area contributed by atoms with Crippen LogP contribution >= 0.6 is 0 Å². The van der Waals surface area contributed by atoms with E-state index in [0.717, 1.165) is 17.5 Å². The van der Waals surface area contributed by atoms with Crippen LogP contribution in [0.4, 0.5) is 5.95 Å². The second kappa shape index (κ2) is 6.09. The predicted octanol–water partition coefficient (Wildman–Crippen LogP) is 2.40. The molecule has 0 aliphatic carbocycles. The number of hydrogen-bond acceptors (Lipinski definition) is 4. The maximum Gasteiger partial charge on any atom is 0.244 e. The van der Waals surface area contributed by atoms with Crippen LogP contribution in [0.2, 0.25) is 0 Å². The number of amides is 1. The van der Waals surface area contributed by atoms with Gasteiger partial charge in [-0.15, -0.1) is 0 Å². The zero-order valence-electron chi connectivity index (χ0n) is 13.3. The monoisotopic (exact) mass is 343 g/mol. The number of fused-ring (bicyclic) bond motifs is 1. The summed E-state index contributed by atoms with van der Waals surface area (Å²) in [5.74, 6) is -0.312. The molecule has 0 bridgehead atoms. The summed E-state index contributed by atoms with van der Waals surface area (Å²) in [6.07, 6.45) is 1.04. The lowest BCUT2D eigenvalue weighted by molar-refractivity contribution is -0.115. The zero-order valence-corrected chi connectivity index (χ0v) is 14.1. The molecule has 1 heterocycles. The van der Waals surface area contributed by atoms with Gasteiger partial charge in [-0.05, 0) is 31.2 Å². The van der Waals surface area contributed by atoms with E-state index in [-0.39, 0.29) is 0 Å². The summed E-state index contributed by atoms with van der Waals surface area (Å²) < 4.78 is 25.0. The van der Waals surface area contributed by atoms with E-state index >= 15 is 0 Å². The summed E-state index contributed by atoms with van der Waals surface area (Å²) >= 11 is 0. The van der Waals surface area contributed by atoms with Crippen molar-refractivity contribution < 1.29 is 13.2 Å². The number of anilines is 1. The van der Waals surface area contributed by atoms with Gasteiger partial charge in [-0.25, -0.2) is 13.4 Å². The molecule has 2 aromatic carbocycles. The van der Waals surface area contributed by atoms with Gasteiger partial charge in [0.2, 0.25) is 11.9 Å². The first-order valence-electron chi connectivity index (χ1n) is 7.40.